The summed E-state index contributed by atoms with van der Waals surface area (Å²) in [6.45, 7) is 7.22. The molecular weight excluding hydrogens is 220 g/mol. The topological polar surface area (TPSA) is 50.8 Å². The minimum absolute atomic E-state index is 0.0787. The average Bonchev–Trinajstić information content (AvgIpc) is 2.73. The van der Waals surface area contributed by atoms with Crippen molar-refractivity contribution in [2.45, 2.75) is 51.0 Å². The van der Waals surface area contributed by atoms with E-state index in [0.29, 0.717) is 6.54 Å². The van der Waals surface area contributed by atoms with Crippen LogP contribution in [0.15, 0.2) is 0 Å². The third-order valence-corrected chi connectivity index (χ3v) is 3.34. The molecule has 2 rings (SSSR count). The molecule has 0 aromatic carbocycles. The number of carbonyl (C=O) groups excluding carboxylic acids is 1. The zero-order valence-corrected chi connectivity index (χ0v) is 11.0. The van der Waals surface area contributed by atoms with Crippen LogP contribution in [0.5, 0.6) is 0 Å². The average molecular weight is 242 g/mol. The van der Waals surface area contributed by atoms with Crippen LogP contribution < -0.4 is 5.32 Å². The number of nitrogens with one attached hydrogen (secondary N) is 1. The molecule has 5 heteroatoms. The molecule has 2 aliphatic rings. The van der Waals surface area contributed by atoms with E-state index in [9.17, 15) is 4.79 Å². The molecule has 2 heterocycles. The van der Waals surface area contributed by atoms with Gasteiger partial charge in [0.1, 0.15) is 5.60 Å². The van der Waals surface area contributed by atoms with E-state index in [1.165, 1.54) is 0 Å². The highest BCUT2D eigenvalue weighted by Gasteiger charge is 2.47. The maximum Gasteiger partial charge on any atom is 0.410 e. The van der Waals surface area contributed by atoms with Crippen molar-refractivity contribution in [2.75, 3.05) is 20.2 Å². The van der Waals surface area contributed by atoms with E-state index >= 15 is 0 Å². The van der Waals surface area contributed by atoms with Gasteiger partial charge in [0, 0.05) is 7.11 Å². The molecule has 0 saturated carbocycles. The largest absolute Gasteiger partial charge is 0.444 e. The van der Waals surface area contributed by atoms with E-state index in [-0.39, 0.29) is 24.3 Å². The first-order valence-electron chi connectivity index (χ1n) is 6.18. The Balaban J connectivity index is 2.04. The number of hydrogen-bond acceptors (Lipinski definition) is 4. The standard InChI is InChI=1S/C12H22N2O3/c1-12(2,3)17-11(15)14-7-9(16-4)10-8(14)5-6-13-10/h8-10,13H,5-7H2,1-4H3/t8-,9+,10+/m1/s1. The molecule has 1 amide bonds. The number of rotatable bonds is 1. The minimum atomic E-state index is -0.441. The highest BCUT2D eigenvalue weighted by Crippen LogP contribution is 2.28. The molecule has 2 aliphatic heterocycles. The molecule has 5 nitrogen and oxygen atoms in total. The lowest BCUT2D eigenvalue weighted by atomic mass is 10.1. The van der Waals surface area contributed by atoms with Crippen LogP contribution in [0.1, 0.15) is 27.2 Å². The normalized spacial score (nSPS) is 32.7. The Morgan fingerprint density at radius 2 is 2.12 bits per heavy atom. The predicted molar refractivity (Wildman–Crippen MR) is 63.9 cm³/mol. The second-order valence-corrected chi connectivity index (χ2v) is 5.74. The van der Waals surface area contributed by atoms with Crippen LogP contribution in [-0.4, -0.2) is 55.0 Å². The molecule has 1 N–H and O–H groups in total. The summed E-state index contributed by atoms with van der Waals surface area (Å²) in [5.41, 5.74) is -0.441. The van der Waals surface area contributed by atoms with Gasteiger partial charge in [-0.3, -0.25) is 0 Å². The summed E-state index contributed by atoms with van der Waals surface area (Å²) in [5, 5.41) is 3.39. The summed E-state index contributed by atoms with van der Waals surface area (Å²) >= 11 is 0. The van der Waals surface area contributed by atoms with E-state index in [1.54, 1.807) is 7.11 Å². The quantitative estimate of drug-likeness (QED) is 0.745. The van der Waals surface area contributed by atoms with Gasteiger partial charge in [0.05, 0.1) is 24.7 Å². The zero-order valence-electron chi connectivity index (χ0n) is 11.0. The van der Waals surface area contributed by atoms with Crippen LogP contribution in [0.2, 0.25) is 0 Å². The third kappa shape index (κ3) is 2.55. The molecular formula is C12H22N2O3. The van der Waals surface area contributed by atoms with Crippen molar-refractivity contribution in [3.05, 3.63) is 0 Å². The fourth-order valence-electron chi connectivity index (χ4n) is 2.64. The Morgan fingerprint density at radius 3 is 2.71 bits per heavy atom. The number of amides is 1. The van der Waals surface area contributed by atoms with Crippen LogP contribution in [0.3, 0.4) is 0 Å². The molecule has 17 heavy (non-hydrogen) atoms. The van der Waals surface area contributed by atoms with E-state index in [1.807, 2.05) is 25.7 Å². The number of likely N-dealkylation sites (tertiary alicyclic amines) is 1. The molecule has 2 fully saturated rings. The Kier molecular flexibility index (Phi) is 3.32. The summed E-state index contributed by atoms with van der Waals surface area (Å²) in [5.74, 6) is 0. The molecule has 3 atom stereocenters. The van der Waals surface area contributed by atoms with Crippen molar-refractivity contribution in [2.24, 2.45) is 0 Å². The Hall–Kier alpha value is -0.810. The first-order chi connectivity index (χ1) is 7.92. The van der Waals surface area contributed by atoms with Crippen molar-refractivity contribution in [1.82, 2.24) is 10.2 Å². The smallest absolute Gasteiger partial charge is 0.410 e. The SMILES string of the molecule is CO[C@H]1CN(C(=O)OC(C)(C)C)[C@@H]2CCN[C@H]12. The Bertz CT molecular complexity index is 301. The summed E-state index contributed by atoms with van der Waals surface area (Å²) in [4.78, 5) is 13.9. The molecule has 0 unspecified atom stereocenters. The van der Waals surface area contributed by atoms with E-state index in [0.717, 1.165) is 13.0 Å². The third-order valence-electron chi connectivity index (χ3n) is 3.34. The summed E-state index contributed by atoms with van der Waals surface area (Å²) in [7, 11) is 1.69. The van der Waals surface area contributed by atoms with Gasteiger partial charge in [-0.15, -0.1) is 0 Å². The van der Waals surface area contributed by atoms with Crippen LogP contribution in [0.25, 0.3) is 0 Å². The van der Waals surface area contributed by atoms with Crippen molar-refractivity contribution < 1.29 is 14.3 Å². The highest BCUT2D eigenvalue weighted by atomic mass is 16.6. The first-order valence-corrected chi connectivity index (χ1v) is 6.18. The van der Waals surface area contributed by atoms with Gasteiger partial charge in [-0.05, 0) is 33.7 Å². The number of methoxy groups -OCH3 is 1. The zero-order chi connectivity index (χ0) is 12.6. The highest BCUT2D eigenvalue weighted by molar-refractivity contribution is 5.69. The number of carbonyl (C=O) groups is 1. The molecule has 0 bridgehead atoms. The maximum atomic E-state index is 12.1. The van der Waals surface area contributed by atoms with Gasteiger partial charge >= 0.3 is 6.09 Å². The van der Waals surface area contributed by atoms with Crippen LogP contribution in [0.4, 0.5) is 4.79 Å². The second-order valence-electron chi connectivity index (χ2n) is 5.74. The molecule has 2 saturated heterocycles. The van der Waals surface area contributed by atoms with Crippen LogP contribution in [0, 0.1) is 0 Å². The van der Waals surface area contributed by atoms with E-state index < -0.39 is 5.60 Å². The molecule has 98 valence electrons. The molecule has 0 aliphatic carbocycles. The van der Waals surface area contributed by atoms with Crippen molar-refractivity contribution in [3.63, 3.8) is 0 Å². The van der Waals surface area contributed by atoms with E-state index in [4.69, 9.17) is 9.47 Å². The molecule has 0 radical (unpaired) electrons. The van der Waals surface area contributed by atoms with Crippen molar-refractivity contribution >= 4 is 6.09 Å². The maximum absolute atomic E-state index is 12.1. The van der Waals surface area contributed by atoms with E-state index in [2.05, 4.69) is 5.32 Å². The van der Waals surface area contributed by atoms with Gasteiger partial charge in [-0.1, -0.05) is 0 Å². The summed E-state index contributed by atoms with van der Waals surface area (Å²) in [6.07, 6.45) is 0.829. The monoisotopic (exact) mass is 242 g/mol. The number of nitrogens with zero attached hydrogens (tertiary/aromatic N) is 1. The number of hydrogen-bond donors (Lipinski definition) is 1. The number of fused-ring (bicyclic) bond motifs is 1. The summed E-state index contributed by atoms with van der Waals surface area (Å²) in [6, 6.07) is 0.474. The Morgan fingerprint density at radius 1 is 1.41 bits per heavy atom. The van der Waals surface area contributed by atoms with Gasteiger partial charge in [0.15, 0.2) is 0 Å². The molecule has 0 spiro atoms. The minimum Gasteiger partial charge on any atom is -0.444 e. The summed E-state index contributed by atoms with van der Waals surface area (Å²) < 4.78 is 10.8. The first kappa shape index (κ1) is 12.6. The predicted octanol–water partition coefficient (Wildman–Crippen LogP) is 0.983. The second kappa shape index (κ2) is 4.46. The Labute approximate surface area is 102 Å². The van der Waals surface area contributed by atoms with Gasteiger partial charge in [-0.25, -0.2) is 4.79 Å². The van der Waals surface area contributed by atoms with Crippen LogP contribution >= 0.6 is 0 Å². The van der Waals surface area contributed by atoms with Gasteiger partial charge in [-0.2, -0.15) is 0 Å². The van der Waals surface area contributed by atoms with Gasteiger partial charge in [0.25, 0.3) is 0 Å². The van der Waals surface area contributed by atoms with Crippen molar-refractivity contribution in [3.8, 4) is 0 Å². The van der Waals surface area contributed by atoms with Gasteiger partial charge in [0.2, 0.25) is 0 Å². The molecule has 0 aromatic rings. The fraction of sp³-hybridized carbons (Fsp3) is 0.917. The lowest BCUT2D eigenvalue weighted by Gasteiger charge is -2.27. The number of ether oxygens (including phenoxy) is 2. The van der Waals surface area contributed by atoms with Gasteiger partial charge < -0.3 is 19.7 Å². The fourth-order valence-corrected chi connectivity index (χ4v) is 2.64. The lowest BCUT2D eigenvalue weighted by molar-refractivity contribution is 0.0195. The van der Waals surface area contributed by atoms with Crippen molar-refractivity contribution in [1.29, 1.82) is 0 Å². The van der Waals surface area contributed by atoms with Crippen LogP contribution in [-0.2, 0) is 9.47 Å². The lowest BCUT2D eigenvalue weighted by Crippen LogP contribution is -2.42. The molecule has 0 aromatic heterocycles.